The Labute approximate surface area is 154 Å². The summed E-state index contributed by atoms with van der Waals surface area (Å²) in [4.78, 5) is 25.4. The third-order valence-corrected chi connectivity index (χ3v) is 5.03. The van der Waals surface area contributed by atoms with Crippen LogP contribution in [0.3, 0.4) is 0 Å². The van der Waals surface area contributed by atoms with Gasteiger partial charge in [-0.1, -0.05) is 54.6 Å². The quantitative estimate of drug-likeness (QED) is 0.596. The molecule has 0 aliphatic carbocycles. The summed E-state index contributed by atoms with van der Waals surface area (Å²) in [6, 6.07) is 18.4. The topological polar surface area (TPSA) is 34.1 Å². The van der Waals surface area contributed by atoms with Crippen molar-refractivity contribution in [3.63, 3.8) is 0 Å². The lowest BCUT2D eigenvalue weighted by Crippen LogP contribution is -2.06. The van der Waals surface area contributed by atoms with Crippen LogP contribution in [0.4, 0.5) is 0 Å². The normalized spacial score (nSPS) is 10.6. The molecule has 2 nitrogen and oxygen atoms in total. The first-order valence-corrected chi connectivity index (χ1v) is 8.71. The largest absolute Gasteiger partial charge is 0.289 e. The maximum Gasteiger partial charge on any atom is 0.193 e. The van der Waals surface area contributed by atoms with Crippen molar-refractivity contribution in [2.75, 3.05) is 0 Å². The van der Waals surface area contributed by atoms with Gasteiger partial charge in [0.25, 0.3) is 0 Å². The van der Waals surface area contributed by atoms with Crippen molar-refractivity contribution in [1.82, 2.24) is 0 Å². The average Bonchev–Trinajstić information content (AvgIpc) is 2.65. The van der Waals surface area contributed by atoms with Gasteiger partial charge in [0.2, 0.25) is 0 Å². The van der Waals surface area contributed by atoms with E-state index in [2.05, 4.69) is 0 Å². The van der Waals surface area contributed by atoms with Gasteiger partial charge in [0.1, 0.15) is 0 Å². The van der Waals surface area contributed by atoms with E-state index in [0.717, 1.165) is 22.3 Å². The van der Waals surface area contributed by atoms with Gasteiger partial charge in [0, 0.05) is 22.3 Å². The van der Waals surface area contributed by atoms with Crippen LogP contribution in [0.25, 0.3) is 0 Å². The molecule has 0 saturated heterocycles. The fraction of sp³-hybridized carbons (Fsp3) is 0.167. The molecule has 0 aliphatic rings. The van der Waals surface area contributed by atoms with Gasteiger partial charge in [-0.05, 0) is 56.0 Å². The van der Waals surface area contributed by atoms with Crippen molar-refractivity contribution < 1.29 is 9.59 Å². The molecule has 0 bridgehead atoms. The maximum atomic E-state index is 12.8. The van der Waals surface area contributed by atoms with E-state index in [-0.39, 0.29) is 11.6 Å². The van der Waals surface area contributed by atoms with Crippen LogP contribution in [0, 0.1) is 27.7 Å². The molecule has 26 heavy (non-hydrogen) atoms. The summed E-state index contributed by atoms with van der Waals surface area (Å²) in [6.07, 6.45) is 0. The lowest BCUT2D eigenvalue weighted by Gasteiger charge is -2.09. The molecule has 3 aromatic rings. The molecular formula is C24H22O2. The average molecular weight is 342 g/mol. The van der Waals surface area contributed by atoms with Gasteiger partial charge in [-0.3, -0.25) is 9.59 Å². The van der Waals surface area contributed by atoms with Gasteiger partial charge in [-0.2, -0.15) is 0 Å². The highest BCUT2D eigenvalue weighted by Crippen LogP contribution is 2.19. The molecule has 0 atom stereocenters. The van der Waals surface area contributed by atoms with E-state index in [0.29, 0.717) is 22.3 Å². The Kier molecular flexibility index (Phi) is 4.85. The van der Waals surface area contributed by atoms with Gasteiger partial charge >= 0.3 is 0 Å². The van der Waals surface area contributed by atoms with Gasteiger partial charge < -0.3 is 0 Å². The van der Waals surface area contributed by atoms with Gasteiger partial charge in [-0.15, -0.1) is 0 Å². The van der Waals surface area contributed by atoms with Crippen LogP contribution in [-0.4, -0.2) is 11.6 Å². The number of aryl methyl sites for hydroxylation is 3. The number of benzene rings is 3. The predicted octanol–water partition coefficient (Wildman–Crippen LogP) is 5.38. The first-order valence-electron chi connectivity index (χ1n) is 8.71. The maximum absolute atomic E-state index is 12.8. The summed E-state index contributed by atoms with van der Waals surface area (Å²) in [6.45, 7) is 7.98. The third-order valence-electron chi connectivity index (χ3n) is 5.03. The highest BCUT2D eigenvalue weighted by molar-refractivity contribution is 6.12. The van der Waals surface area contributed by atoms with Crippen molar-refractivity contribution >= 4 is 11.6 Å². The van der Waals surface area contributed by atoms with E-state index in [4.69, 9.17) is 0 Å². The Morgan fingerprint density at radius 3 is 1.77 bits per heavy atom. The molecule has 0 aromatic heterocycles. The minimum atomic E-state index is -0.0289. The summed E-state index contributed by atoms with van der Waals surface area (Å²) in [5.74, 6) is -0.0461. The Bertz CT molecular complexity index is 995. The predicted molar refractivity (Wildman–Crippen MR) is 105 cm³/mol. The van der Waals surface area contributed by atoms with E-state index >= 15 is 0 Å². The SMILES string of the molecule is Cc1ccc(C(=O)c2ccc(C(=O)c3cccc(C)c3C)cc2)cc1C. The molecule has 130 valence electrons. The highest BCUT2D eigenvalue weighted by atomic mass is 16.1. The van der Waals surface area contributed by atoms with E-state index in [1.54, 1.807) is 24.3 Å². The number of carbonyl (C=O) groups is 2. The van der Waals surface area contributed by atoms with Crippen LogP contribution in [0.2, 0.25) is 0 Å². The first-order chi connectivity index (χ1) is 12.4. The smallest absolute Gasteiger partial charge is 0.193 e. The molecule has 3 rings (SSSR count). The monoisotopic (exact) mass is 342 g/mol. The molecule has 0 unspecified atom stereocenters. The second-order valence-electron chi connectivity index (χ2n) is 6.78. The summed E-state index contributed by atoms with van der Waals surface area (Å²) < 4.78 is 0. The van der Waals surface area contributed by atoms with Crippen LogP contribution < -0.4 is 0 Å². The minimum Gasteiger partial charge on any atom is -0.289 e. The zero-order chi connectivity index (χ0) is 18.8. The Hall–Kier alpha value is -3.00. The molecule has 0 spiro atoms. The third kappa shape index (κ3) is 3.36. The second-order valence-corrected chi connectivity index (χ2v) is 6.78. The summed E-state index contributed by atoms with van der Waals surface area (Å²) in [5, 5.41) is 0. The highest BCUT2D eigenvalue weighted by Gasteiger charge is 2.14. The number of hydrogen-bond donors (Lipinski definition) is 0. The molecule has 2 heteroatoms. The fourth-order valence-corrected chi connectivity index (χ4v) is 2.97. The molecule has 0 amide bonds. The summed E-state index contributed by atoms with van der Waals surface area (Å²) in [7, 11) is 0. The fourth-order valence-electron chi connectivity index (χ4n) is 2.97. The van der Waals surface area contributed by atoms with Crippen molar-refractivity contribution in [2.45, 2.75) is 27.7 Å². The first kappa shape index (κ1) is 17.8. The number of rotatable bonds is 4. The van der Waals surface area contributed by atoms with Gasteiger partial charge in [0.05, 0.1) is 0 Å². The minimum absolute atomic E-state index is 0.0172. The van der Waals surface area contributed by atoms with Crippen molar-refractivity contribution in [3.8, 4) is 0 Å². The van der Waals surface area contributed by atoms with Crippen molar-refractivity contribution in [3.05, 3.63) is 105 Å². The van der Waals surface area contributed by atoms with E-state index in [9.17, 15) is 9.59 Å². The summed E-state index contributed by atoms with van der Waals surface area (Å²) in [5.41, 5.74) is 6.90. The van der Waals surface area contributed by atoms with E-state index in [1.165, 1.54) is 0 Å². The Morgan fingerprint density at radius 2 is 1.15 bits per heavy atom. The molecule has 0 aliphatic heterocycles. The van der Waals surface area contributed by atoms with Crippen LogP contribution >= 0.6 is 0 Å². The van der Waals surface area contributed by atoms with Crippen LogP contribution in [0.15, 0.2) is 60.7 Å². The van der Waals surface area contributed by atoms with E-state index in [1.807, 2.05) is 64.1 Å². The molecule has 3 aromatic carbocycles. The van der Waals surface area contributed by atoms with Crippen LogP contribution in [0.5, 0.6) is 0 Å². The zero-order valence-corrected chi connectivity index (χ0v) is 15.6. The molecule has 0 fully saturated rings. The van der Waals surface area contributed by atoms with Gasteiger partial charge in [-0.25, -0.2) is 0 Å². The molecular weight excluding hydrogens is 320 g/mol. The second kappa shape index (κ2) is 7.09. The molecule has 0 heterocycles. The van der Waals surface area contributed by atoms with Crippen LogP contribution in [0.1, 0.15) is 54.1 Å². The van der Waals surface area contributed by atoms with Crippen molar-refractivity contribution in [1.29, 1.82) is 0 Å². The lowest BCUT2D eigenvalue weighted by molar-refractivity contribution is 0.102. The summed E-state index contributed by atoms with van der Waals surface area (Å²) >= 11 is 0. The zero-order valence-electron chi connectivity index (χ0n) is 15.6. The Balaban J connectivity index is 1.88. The van der Waals surface area contributed by atoms with Gasteiger partial charge in [0.15, 0.2) is 11.6 Å². The molecule has 0 N–H and O–H groups in total. The molecule has 0 saturated carbocycles. The lowest BCUT2D eigenvalue weighted by atomic mass is 9.94. The number of carbonyl (C=O) groups excluding carboxylic acids is 2. The van der Waals surface area contributed by atoms with Crippen molar-refractivity contribution in [2.24, 2.45) is 0 Å². The number of ketones is 2. The standard InChI is InChI=1S/C24H22O2/c1-15-8-9-21(14-17(15)3)23(25)19-10-12-20(13-11-19)24(26)22-7-5-6-16(2)18(22)4/h5-14H,1-4H3. The molecule has 0 radical (unpaired) electrons. The van der Waals surface area contributed by atoms with Crippen LogP contribution in [-0.2, 0) is 0 Å². The number of hydrogen-bond acceptors (Lipinski definition) is 2. The van der Waals surface area contributed by atoms with E-state index < -0.39 is 0 Å². The Morgan fingerprint density at radius 1 is 0.577 bits per heavy atom.